The maximum Gasteiger partial charge on any atom is 0.263 e. The average Bonchev–Trinajstić information content (AvgIpc) is 3.07. The number of rotatable bonds is 5. The Kier molecular flexibility index (Phi) is 5.67. The monoisotopic (exact) mass is 414 g/mol. The smallest absolute Gasteiger partial charge is 0.263 e. The van der Waals surface area contributed by atoms with Gasteiger partial charge >= 0.3 is 0 Å². The highest BCUT2D eigenvalue weighted by Gasteiger charge is 2.23. The second-order valence-corrected chi connectivity index (χ2v) is 8.74. The van der Waals surface area contributed by atoms with E-state index in [1.54, 1.807) is 26.2 Å². The third-order valence-corrected chi connectivity index (χ3v) is 6.72. The van der Waals surface area contributed by atoms with Crippen molar-refractivity contribution in [2.45, 2.75) is 24.3 Å². The lowest BCUT2D eigenvalue weighted by Crippen LogP contribution is -2.22. The van der Waals surface area contributed by atoms with Gasteiger partial charge in [-0.05, 0) is 55.3 Å². The molecule has 0 bridgehead atoms. The predicted octanol–water partition coefficient (Wildman–Crippen LogP) is 4.33. The van der Waals surface area contributed by atoms with E-state index in [1.807, 2.05) is 12.1 Å². The van der Waals surface area contributed by atoms with E-state index in [2.05, 4.69) is 9.62 Å². The Morgan fingerprint density at radius 1 is 1.15 bits per heavy atom. The summed E-state index contributed by atoms with van der Waals surface area (Å²) in [5.41, 5.74) is 2.15. The van der Waals surface area contributed by atoms with Crippen LogP contribution in [0.5, 0.6) is 0 Å². The minimum absolute atomic E-state index is 0.00706. The molecule has 5 nitrogen and oxygen atoms in total. The normalized spacial score (nSPS) is 17.5. The topological polar surface area (TPSA) is 58.6 Å². The average molecular weight is 415 g/mol. The first kappa shape index (κ1) is 19.3. The van der Waals surface area contributed by atoms with Crippen LogP contribution in [0, 0.1) is 6.92 Å². The molecule has 26 heavy (non-hydrogen) atoms. The Bertz CT molecular complexity index is 901. The molecule has 1 atom stereocenters. The molecule has 0 aromatic heterocycles. The molecule has 8 heteroatoms. The fraction of sp³-hybridized carbons (Fsp3) is 0.333. The van der Waals surface area contributed by atoms with Crippen molar-refractivity contribution >= 4 is 44.6 Å². The van der Waals surface area contributed by atoms with E-state index in [0.717, 1.165) is 25.2 Å². The Morgan fingerprint density at radius 2 is 1.85 bits per heavy atom. The van der Waals surface area contributed by atoms with Gasteiger partial charge in [-0.15, -0.1) is 0 Å². The van der Waals surface area contributed by atoms with E-state index in [1.165, 1.54) is 12.1 Å². The van der Waals surface area contributed by atoms with E-state index in [0.29, 0.717) is 16.3 Å². The highest BCUT2D eigenvalue weighted by Crippen LogP contribution is 2.30. The molecule has 0 saturated carbocycles. The Labute approximate surface area is 163 Å². The molecular weight excluding hydrogens is 395 g/mol. The summed E-state index contributed by atoms with van der Waals surface area (Å²) in [5.74, 6) is 0. The molecule has 140 valence electrons. The van der Waals surface area contributed by atoms with Gasteiger partial charge in [0.1, 0.15) is 4.90 Å². The molecule has 1 fully saturated rings. The predicted molar refractivity (Wildman–Crippen MR) is 106 cm³/mol. The number of ether oxygens (including phenoxy) is 1. The Morgan fingerprint density at radius 3 is 2.46 bits per heavy atom. The van der Waals surface area contributed by atoms with Crippen molar-refractivity contribution in [1.29, 1.82) is 0 Å². The second-order valence-electron chi connectivity index (χ2n) is 6.28. The summed E-state index contributed by atoms with van der Waals surface area (Å²) in [6.45, 7) is 3.49. The van der Waals surface area contributed by atoms with Gasteiger partial charge in [-0.2, -0.15) is 0 Å². The Balaban J connectivity index is 1.77. The van der Waals surface area contributed by atoms with Crippen molar-refractivity contribution < 1.29 is 13.2 Å². The van der Waals surface area contributed by atoms with E-state index in [4.69, 9.17) is 27.9 Å². The van der Waals surface area contributed by atoms with E-state index >= 15 is 0 Å². The maximum absolute atomic E-state index is 12.6. The summed E-state index contributed by atoms with van der Waals surface area (Å²) in [6, 6.07) is 10.2. The molecule has 1 heterocycles. The summed E-state index contributed by atoms with van der Waals surface area (Å²) in [4.78, 5) is 2.22. The first-order valence-corrected chi connectivity index (χ1v) is 10.4. The lowest BCUT2D eigenvalue weighted by molar-refractivity contribution is 0.121. The number of benzene rings is 2. The first-order chi connectivity index (χ1) is 12.3. The molecule has 2 aromatic rings. The lowest BCUT2D eigenvalue weighted by atomic mass is 10.2. The van der Waals surface area contributed by atoms with Crippen LogP contribution in [0.25, 0.3) is 0 Å². The summed E-state index contributed by atoms with van der Waals surface area (Å²) in [5, 5.41) is 0.519. The SMILES string of the molecule is COC1CCN(c2ccc(NS(=O)(=O)c3cc(C)c(Cl)cc3Cl)cc2)C1. The van der Waals surface area contributed by atoms with E-state index in [9.17, 15) is 8.42 Å². The molecule has 1 aliphatic heterocycles. The van der Waals surface area contributed by atoms with E-state index < -0.39 is 10.0 Å². The van der Waals surface area contributed by atoms with Gasteiger partial charge in [-0.1, -0.05) is 23.2 Å². The third kappa shape index (κ3) is 4.09. The number of hydrogen-bond acceptors (Lipinski definition) is 4. The van der Waals surface area contributed by atoms with Gasteiger partial charge in [0.25, 0.3) is 10.0 Å². The van der Waals surface area contributed by atoms with Crippen LogP contribution in [0.1, 0.15) is 12.0 Å². The number of hydrogen-bond donors (Lipinski definition) is 1. The quantitative estimate of drug-likeness (QED) is 0.790. The van der Waals surface area contributed by atoms with Crippen LogP contribution in [0.3, 0.4) is 0 Å². The fourth-order valence-electron chi connectivity index (χ4n) is 2.94. The van der Waals surface area contributed by atoms with Crippen molar-refractivity contribution in [2.24, 2.45) is 0 Å². The number of nitrogens with zero attached hydrogens (tertiary/aromatic N) is 1. The Hall–Kier alpha value is -1.47. The molecule has 1 aliphatic rings. The largest absolute Gasteiger partial charge is 0.380 e. The van der Waals surface area contributed by atoms with Crippen LogP contribution >= 0.6 is 23.2 Å². The van der Waals surface area contributed by atoms with Crippen molar-refractivity contribution in [1.82, 2.24) is 0 Å². The highest BCUT2D eigenvalue weighted by atomic mass is 35.5. The number of sulfonamides is 1. The zero-order valence-electron chi connectivity index (χ0n) is 14.5. The first-order valence-electron chi connectivity index (χ1n) is 8.16. The minimum atomic E-state index is -3.80. The molecule has 0 amide bonds. The maximum atomic E-state index is 12.6. The molecule has 0 radical (unpaired) electrons. The lowest BCUT2D eigenvalue weighted by Gasteiger charge is -2.19. The van der Waals surface area contributed by atoms with Crippen LogP contribution in [0.4, 0.5) is 11.4 Å². The number of halogens is 2. The van der Waals surface area contributed by atoms with Crippen LogP contribution in [0.15, 0.2) is 41.3 Å². The minimum Gasteiger partial charge on any atom is -0.380 e. The van der Waals surface area contributed by atoms with Crippen LogP contribution in [0.2, 0.25) is 10.0 Å². The van der Waals surface area contributed by atoms with Crippen LogP contribution in [-0.4, -0.2) is 34.7 Å². The summed E-state index contributed by atoms with van der Waals surface area (Å²) in [6.07, 6.45) is 1.22. The van der Waals surface area contributed by atoms with Crippen molar-refractivity contribution in [3.63, 3.8) is 0 Å². The summed E-state index contributed by atoms with van der Waals surface area (Å²) >= 11 is 12.1. The molecule has 1 unspecified atom stereocenters. The molecule has 1 N–H and O–H groups in total. The third-order valence-electron chi connectivity index (χ3n) is 4.47. The van der Waals surface area contributed by atoms with Crippen molar-refractivity contribution in [3.05, 3.63) is 52.0 Å². The van der Waals surface area contributed by atoms with Crippen LogP contribution < -0.4 is 9.62 Å². The number of aryl methyl sites for hydroxylation is 1. The molecule has 3 rings (SSSR count). The standard InChI is InChI=1S/C18H20Cl2N2O3S/c1-12-9-18(17(20)10-16(12)19)26(23,24)21-13-3-5-14(6-4-13)22-8-7-15(11-22)25-2/h3-6,9-10,15,21H,7-8,11H2,1-2H3. The van der Waals surface area contributed by atoms with Gasteiger partial charge in [-0.25, -0.2) is 8.42 Å². The zero-order chi connectivity index (χ0) is 18.9. The summed E-state index contributed by atoms with van der Waals surface area (Å²) in [7, 11) is -2.08. The van der Waals surface area contributed by atoms with Gasteiger partial charge in [0.15, 0.2) is 0 Å². The number of nitrogens with one attached hydrogen (secondary N) is 1. The van der Waals surface area contributed by atoms with Gasteiger partial charge in [-0.3, -0.25) is 4.72 Å². The van der Waals surface area contributed by atoms with Gasteiger partial charge < -0.3 is 9.64 Å². The molecule has 0 spiro atoms. The number of anilines is 2. The van der Waals surface area contributed by atoms with E-state index in [-0.39, 0.29) is 16.0 Å². The molecule has 0 aliphatic carbocycles. The molecular formula is C18H20Cl2N2O3S. The van der Waals surface area contributed by atoms with Gasteiger partial charge in [0.05, 0.1) is 11.1 Å². The van der Waals surface area contributed by atoms with Crippen LogP contribution in [-0.2, 0) is 14.8 Å². The number of methoxy groups -OCH3 is 1. The molecule has 1 saturated heterocycles. The molecule has 2 aromatic carbocycles. The van der Waals surface area contributed by atoms with Crippen molar-refractivity contribution in [2.75, 3.05) is 29.8 Å². The highest BCUT2D eigenvalue weighted by molar-refractivity contribution is 7.92. The summed E-state index contributed by atoms with van der Waals surface area (Å²) < 4.78 is 33.2. The van der Waals surface area contributed by atoms with Crippen molar-refractivity contribution in [3.8, 4) is 0 Å². The zero-order valence-corrected chi connectivity index (χ0v) is 16.8. The van der Waals surface area contributed by atoms with Gasteiger partial charge in [0, 0.05) is 36.6 Å². The fourth-order valence-corrected chi connectivity index (χ4v) is 4.83. The second kappa shape index (κ2) is 7.64. The van der Waals surface area contributed by atoms with Gasteiger partial charge in [0.2, 0.25) is 0 Å².